The highest BCUT2D eigenvalue weighted by Crippen LogP contribution is 2.32. The van der Waals surface area contributed by atoms with Crippen molar-refractivity contribution in [2.75, 3.05) is 26.2 Å². The van der Waals surface area contributed by atoms with Crippen LogP contribution < -0.4 is 5.32 Å². The van der Waals surface area contributed by atoms with Gasteiger partial charge in [0.1, 0.15) is 0 Å². The number of carbonyl (C=O) groups is 1. The topological polar surface area (TPSA) is 32.3 Å². The molecule has 0 aromatic rings. The lowest BCUT2D eigenvalue weighted by atomic mass is 10.0. The van der Waals surface area contributed by atoms with Crippen LogP contribution in [0.4, 0.5) is 0 Å². The average molecular weight is 210 g/mol. The smallest absolute Gasteiger partial charge is 0.222 e. The molecule has 2 atom stereocenters. The van der Waals surface area contributed by atoms with Gasteiger partial charge in [-0.05, 0) is 24.7 Å². The summed E-state index contributed by atoms with van der Waals surface area (Å²) in [6.07, 6.45) is 4.64. The molecule has 86 valence electrons. The Labute approximate surface area is 92.2 Å². The van der Waals surface area contributed by atoms with Gasteiger partial charge in [-0.1, -0.05) is 13.3 Å². The summed E-state index contributed by atoms with van der Waals surface area (Å²) >= 11 is 0. The molecule has 1 aliphatic heterocycles. The van der Waals surface area contributed by atoms with Gasteiger partial charge in [0.05, 0.1) is 0 Å². The molecule has 1 amide bonds. The van der Waals surface area contributed by atoms with Gasteiger partial charge < -0.3 is 10.2 Å². The molecule has 2 aliphatic rings. The second-order valence-electron chi connectivity index (χ2n) is 5.12. The van der Waals surface area contributed by atoms with Gasteiger partial charge in [-0.15, -0.1) is 0 Å². The van der Waals surface area contributed by atoms with E-state index in [1.165, 1.54) is 19.3 Å². The molecule has 1 heterocycles. The third kappa shape index (κ3) is 2.94. The zero-order valence-electron chi connectivity index (χ0n) is 9.67. The number of carbonyl (C=O) groups excluding carboxylic acids is 1. The summed E-state index contributed by atoms with van der Waals surface area (Å²) in [5, 5.41) is 3.28. The largest absolute Gasteiger partial charge is 0.340 e. The molecule has 0 bridgehead atoms. The zero-order chi connectivity index (χ0) is 10.7. The predicted molar refractivity (Wildman–Crippen MR) is 60.6 cm³/mol. The van der Waals surface area contributed by atoms with E-state index in [0.29, 0.717) is 11.8 Å². The van der Waals surface area contributed by atoms with Gasteiger partial charge in [-0.2, -0.15) is 0 Å². The quantitative estimate of drug-likeness (QED) is 0.744. The highest BCUT2D eigenvalue weighted by molar-refractivity contribution is 5.76. The van der Waals surface area contributed by atoms with Crippen LogP contribution in [0.1, 0.15) is 32.6 Å². The van der Waals surface area contributed by atoms with E-state index in [1.54, 1.807) is 0 Å². The van der Waals surface area contributed by atoms with Crippen LogP contribution in [0.5, 0.6) is 0 Å². The molecule has 0 aromatic carbocycles. The second-order valence-corrected chi connectivity index (χ2v) is 5.12. The van der Waals surface area contributed by atoms with E-state index >= 15 is 0 Å². The molecule has 1 N–H and O–H groups in total. The van der Waals surface area contributed by atoms with Crippen LogP contribution in [-0.2, 0) is 4.79 Å². The lowest BCUT2D eigenvalue weighted by Crippen LogP contribution is -2.46. The van der Waals surface area contributed by atoms with Crippen molar-refractivity contribution in [3.63, 3.8) is 0 Å². The number of piperazine rings is 1. The maximum absolute atomic E-state index is 12.0. The minimum Gasteiger partial charge on any atom is -0.340 e. The summed E-state index contributed by atoms with van der Waals surface area (Å²) in [4.78, 5) is 14.0. The van der Waals surface area contributed by atoms with Crippen molar-refractivity contribution in [1.29, 1.82) is 0 Å². The maximum atomic E-state index is 12.0. The van der Waals surface area contributed by atoms with Crippen LogP contribution in [0.3, 0.4) is 0 Å². The zero-order valence-corrected chi connectivity index (χ0v) is 9.67. The monoisotopic (exact) mass is 210 g/mol. The molecule has 3 nitrogen and oxygen atoms in total. The Morgan fingerprint density at radius 3 is 2.67 bits per heavy atom. The fourth-order valence-corrected chi connectivity index (χ4v) is 2.80. The minimum atomic E-state index is 0.385. The third-order valence-electron chi connectivity index (χ3n) is 3.74. The number of nitrogens with zero attached hydrogens (tertiary/aromatic N) is 1. The Morgan fingerprint density at radius 1 is 1.33 bits per heavy atom. The standard InChI is InChI=1S/C12H22N2O/c1-10-2-3-11(8-10)9-12(15)14-6-4-13-5-7-14/h10-11,13H,2-9H2,1H3. The van der Waals surface area contributed by atoms with E-state index in [1.807, 2.05) is 4.90 Å². The van der Waals surface area contributed by atoms with Crippen molar-refractivity contribution in [3.8, 4) is 0 Å². The first-order valence-electron chi connectivity index (χ1n) is 6.24. The SMILES string of the molecule is CC1CCC(CC(=O)N2CCNCC2)C1. The van der Waals surface area contributed by atoms with E-state index in [4.69, 9.17) is 0 Å². The minimum absolute atomic E-state index is 0.385. The van der Waals surface area contributed by atoms with Crippen molar-refractivity contribution >= 4 is 5.91 Å². The average Bonchev–Trinajstić information content (AvgIpc) is 2.65. The van der Waals surface area contributed by atoms with Crippen molar-refractivity contribution in [1.82, 2.24) is 10.2 Å². The molecule has 3 heteroatoms. The number of amides is 1. The van der Waals surface area contributed by atoms with E-state index in [9.17, 15) is 4.79 Å². The Balaban J connectivity index is 1.76. The molecule has 1 saturated carbocycles. The molecular formula is C12H22N2O. The molecule has 1 aliphatic carbocycles. The number of hydrogen-bond donors (Lipinski definition) is 1. The Morgan fingerprint density at radius 2 is 2.07 bits per heavy atom. The molecular weight excluding hydrogens is 188 g/mol. The van der Waals surface area contributed by atoms with Gasteiger partial charge in [0.2, 0.25) is 5.91 Å². The van der Waals surface area contributed by atoms with Crippen molar-refractivity contribution in [2.45, 2.75) is 32.6 Å². The number of rotatable bonds is 2. The van der Waals surface area contributed by atoms with Gasteiger partial charge in [0, 0.05) is 32.6 Å². The van der Waals surface area contributed by atoms with Crippen molar-refractivity contribution < 1.29 is 4.79 Å². The van der Waals surface area contributed by atoms with Crippen LogP contribution in [0.25, 0.3) is 0 Å². The molecule has 2 unspecified atom stereocenters. The highest BCUT2D eigenvalue weighted by Gasteiger charge is 2.26. The lowest BCUT2D eigenvalue weighted by Gasteiger charge is -2.28. The van der Waals surface area contributed by atoms with Gasteiger partial charge in [0.25, 0.3) is 0 Å². The molecule has 15 heavy (non-hydrogen) atoms. The first-order chi connectivity index (χ1) is 7.25. The molecule has 2 rings (SSSR count). The highest BCUT2D eigenvalue weighted by atomic mass is 16.2. The van der Waals surface area contributed by atoms with Crippen LogP contribution in [-0.4, -0.2) is 37.0 Å². The number of hydrogen-bond acceptors (Lipinski definition) is 2. The van der Waals surface area contributed by atoms with Crippen LogP contribution >= 0.6 is 0 Å². The maximum Gasteiger partial charge on any atom is 0.222 e. The Hall–Kier alpha value is -0.570. The predicted octanol–water partition coefficient (Wildman–Crippen LogP) is 1.24. The van der Waals surface area contributed by atoms with Gasteiger partial charge in [0.15, 0.2) is 0 Å². The molecule has 1 saturated heterocycles. The second kappa shape index (κ2) is 4.97. The fourth-order valence-electron chi connectivity index (χ4n) is 2.80. The van der Waals surface area contributed by atoms with Gasteiger partial charge >= 0.3 is 0 Å². The summed E-state index contributed by atoms with van der Waals surface area (Å²) in [6.45, 7) is 6.04. The van der Waals surface area contributed by atoms with Crippen molar-refractivity contribution in [2.24, 2.45) is 11.8 Å². The lowest BCUT2D eigenvalue weighted by molar-refractivity contribution is -0.132. The first-order valence-corrected chi connectivity index (χ1v) is 6.24. The van der Waals surface area contributed by atoms with E-state index in [2.05, 4.69) is 12.2 Å². The van der Waals surface area contributed by atoms with E-state index < -0.39 is 0 Å². The fraction of sp³-hybridized carbons (Fsp3) is 0.917. The summed E-state index contributed by atoms with van der Waals surface area (Å²) in [7, 11) is 0. The third-order valence-corrected chi connectivity index (χ3v) is 3.74. The molecule has 0 aromatic heterocycles. The normalized spacial score (nSPS) is 31.9. The molecule has 0 radical (unpaired) electrons. The summed E-state index contributed by atoms with van der Waals surface area (Å²) in [5.41, 5.74) is 0. The first kappa shape index (κ1) is 10.9. The summed E-state index contributed by atoms with van der Waals surface area (Å²) in [5.74, 6) is 1.89. The molecule has 0 spiro atoms. The number of nitrogens with one attached hydrogen (secondary N) is 1. The van der Waals surface area contributed by atoms with Gasteiger partial charge in [-0.25, -0.2) is 0 Å². The van der Waals surface area contributed by atoms with Crippen LogP contribution in [0.15, 0.2) is 0 Å². The Kier molecular flexibility index (Phi) is 3.62. The summed E-state index contributed by atoms with van der Waals surface area (Å²) < 4.78 is 0. The van der Waals surface area contributed by atoms with Gasteiger partial charge in [-0.3, -0.25) is 4.79 Å². The molecule has 2 fully saturated rings. The summed E-state index contributed by atoms with van der Waals surface area (Å²) in [6, 6.07) is 0. The van der Waals surface area contributed by atoms with Crippen LogP contribution in [0.2, 0.25) is 0 Å². The van der Waals surface area contributed by atoms with Crippen LogP contribution in [0, 0.1) is 11.8 Å². The van der Waals surface area contributed by atoms with E-state index in [-0.39, 0.29) is 0 Å². The Bertz CT molecular complexity index is 224. The van der Waals surface area contributed by atoms with Crippen molar-refractivity contribution in [3.05, 3.63) is 0 Å². The van der Waals surface area contributed by atoms with E-state index in [0.717, 1.165) is 38.5 Å².